The predicted octanol–water partition coefficient (Wildman–Crippen LogP) is 3.26. The van der Waals surface area contributed by atoms with Crippen LogP contribution in [0.15, 0.2) is 42.7 Å². The normalized spacial score (nSPS) is 23.9. The van der Waals surface area contributed by atoms with Crippen molar-refractivity contribution in [2.45, 2.75) is 57.7 Å². The number of benzene rings is 1. The summed E-state index contributed by atoms with van der Waals surface area (Å²) < 4.78 is 0. The van der Waals surface area contributed by atoms with Crippen molar-refractivity contribution in [3.8, 4) is 0 Å². The van der Waals surface area contributed by atoms with E-state index < -0.39 is 0 Å². The lowest BCUT2D eigenvalue weighted by Crippen LogP contribution is -2.52. The molecule has 0 saturated carbocycles. The number of nitrogens with zero attached hydrogens (tertiary/aromatic N) is 2. The van der Waals surface area contributed by atoms with E-state index in [0.717, 1.165) is 36.8 Å². The minimum absolute atomic E-state index is 0.0595. The Bertz CT molecular complexity index is 851. The number of fused-ring (bicyclic) bond motifs is 2. The van der Waals surface area contributed by atoms with E-state index in [4.69, 9.17) is 0 Å². The molecule has 140 valence electrons. The maximum Gasteiger partial charge on any atom is 0.254 e. The topological polar surface area (TPSA) is 62.3 Å². The van der Waals surface area contributed by atoms with E-state index in [9.17, 15) is 9.59 Å². The van der Waals surface area contributed by atoms with Crippen LogP contribution in [0.1, 0.15) is 57.5 Å². The molecular formula is C22H25N3O2. The van der Waals surface area contributed by atoms with Crippen LogP contribution in [0.4, 0.5) is 0 Å². The van der Waals surface area contributed by atoms with Crippen LogP contribution in [-0.2, 0) is 0 Å². The van der Waals surface area contributed by atoms with Crippen molar-refractivity contribution in [3.05, 3.63) is 65.0 Å². The maximum absolute atomic E-state index is 13.1. The van der Waals surface area contributed by atoms with Gasteiger partial charge in [-0.2, -0.15) is 0 Å². The predicted molar refractivity (Wildman–Crippen MR) is 104 cm³/mol. The minimum Gasteiger partial charge on any atom is -0.349 e. The van der Waals surface area contributed by atoms with Crippen molar-refractivity contribution < 1.29 is 9.59 Å². The molecule has 27 heavy (non-hydrogen) atoms. The lowest BCUT2D eigenvalue weighted by atomic mass is 9.95. The molecular weight excluding hydrogens is 338 g/mol. The number of rotatable bonds is 3. The second-order valence-electron chi connectivity index (χ2n) is 7.77. The quantitative estimate of drug-likeness (QED) is 0.910. The molecule has 4 rings (SSSR count). The number of hydrogen-bond donors (Lipinski definition) is 1. The number of carbonyl (C=O) groups is 2. The van der Waals surface area contributed by atoms with E-state index in [1.54, 1.807) is 24.5 Å². The number of piperidine rings is 1. The third-order valence-corrected chi connectivity index (χ3v) is 6.00. The Morgan fingerprint density at radius 2 is 1.63 bits per heavy atom. The van der Waals surface area contributed by atoms with E-state index in [2.05, 4.69) is 22.1 Å². The highest BCUT2D eigenvalue weighted by Crippen LogP contribution is 2.37. The average molecular weight is 363 g/mol. The van der Waals surface area contributed by atoms with Gasteiger partial charge in [-0.05, 0) is 74.9 Å². The molecule has 5 nitrogen and oxygen atoms in total. The van der Waals surface area contributed by atoms with Crippen LogP contribution in [-0.4, -0.2) is 39.8 Å². The van der Waals surface area contributed by atoms with Crippen LogP contribution in [0.25, 0.3) is 0 Å². The first kappa shape index (κ1) is 17.7. The average Bonchev–Trinajstić information content (AvgIpc) is 2.94. The van der Waals surface area contributed by atoms with Crippen molar-refractivity contribution in [2.24, 2.45) is 0 Å². The molecule has 3 heterocycles. The molecule has 2 aliphatic rings. The molecule has 5 heteroatoms. The molecule has 2 aromatic rings. The fourth-order valence-corrected chi connectivity index (χ4v) is 4.42. The number of pyridine rings is 1. The Morgan fingerprint density at radius 1 is 0.963 bits per heavy atom. The summed E-state index contributed by atoms with van der Waals surface area (Å²) >= 11 is 0. The van der Waals surface area contributed by atoms with Gasteiger partial charge in [0.2, 0.25) is 0 Å². The number of nitrogens with one attached hydrogen (secondary N) is 1. The van der Waals surface area contributed by atoms with Gasteiger partial charge in [-0.15, -0.1) is 0 Å². The van der Waals surface area contributed by atoms with E-state index in [1.165, 1.54) is 5.56 Å². The summed E-state index contributed by atoms with van der Waals surface area (Å²) in [5.74, 6) is 0.0697. The second-order valence-corrected chi connectivity index (χ2v) is 7.77. The molecule has 0 radical (unpaired) electrons. The summed E-state index contributed by atoms with van der Waals surface area (Å²) in [6, 6.07) is 9.93. The zero-order valence-corrected chi connectivity index (χ0v) is 15.8. The summed E-state index contributed by atoms with van der Waals surface area (Å²) in [6.07, 6.45) is 6.94. The summed E-state index contributed by atoms with van der Waals surface area (Å²) in [5.41, 5.74) is 3.75. The SMILES string of the molecule is Cc1ccc(C(=O)N2[C@@H]3CC[C@H]2CC(NC(=O)c2ccncc2)C3)cc1C. The minimum atomic E-state index is -0.0595. The fourth-order valence-electron chi connectivity index (χ4n) is 4.42. The van der Waals surface area contributed by atoms with Gasteiger partial charge in [0.25, 0.3) is 11.8 Å². The highest BCUT2D eigenvalue weighted by Gasteiger charge is 2.43. The van der Waals surface area contributed by atoms with Gasteiger partial charge in [0.05, 0.1) is 0 Å². The van der Waals surface area contributed by atoms with Gasteiger partial charge in [-0.3, -0.25) is 14.6 Å². The van der Waals surface area contributed by atoms with Crippen molar-refractivity contribution in [1.29, 1.82) is 0 Å². The van der Waals surface area contributed by atoms with Gasteiger partial charge in [0, 0.05) is 41.6 Å². The molecule has 2 aliphatic heterocycles. The van der Waals surface area contributed by atoms with Gasteiger partial charge in [0.15, 0.2) is 0 Å². The van der Waals surface area contributed by atoms with Gasteiger partial charge < -0.3 is 10.2 Å². The third kappa shape index (κ3) is 3.46. The molecule has 1 unspecified atom stereocenters. The maximum atomic E-state index is 13.1. The standard InChI is InChI=1S/C22H25N3O2/c1-14-3-4-17(11-15(14)2)22(27)25-19-5-6-20(25)13-18(12-19)24-21(26)16-7-9-23-10-8-16/h3-4,7-11,18-20H,5-6,12-13H2,1-2H3,(H,24,26)/t18?,19-,20+. The first-order valence-electron chi connectivity index (χ1n) is 9.63. The van der Waals surface area contributed by atoms with E-state index in [-0.39, 0.29) is 29.9 Å². The molecule has 0 aliphatic carbocycles. The van der Waals surface area contributed by atoms with Crippen LogP contribution in [0.3, 0.4) is 0 Å². The number of aryl methyl sites for hydroxylation is 2. The van der Waals surface area contributed by atoms with E-state index in [1.807, 2.05) is 25.1 Å². The Labute approximate surface area is 159 Å². The molecule has 2 bridgehead atoms. The Morgan fingerprint density at radius 3 is 2.26 bits per heavy atom. The molecule has 2 fully saturated rings. The lowest BCUT2D eigenvalue weighted by molar-refractivity contribution is 0.0549. The Balaban J connectivity index is 1.45. The molecule has 1 N–H and O–H groups in total. The number of aromatic nitrogens is 1. The van der Waals surface area contributed by atoms with Crippen molar-refractivity contribution in [1.82, 2.24) is 15.2 Å². The number of amides is 2. The number of carbonyl (C=O) groups excluding carboxylic acids is 2. The lowest BCUT2D eigenvalue weighted by Gasteiger charge is -2.39. The summed E-state index contributed by atoms with van der Waals surface area (Å²) in [7, 11) is 0. The van der Waals surface area contributed by atoms with Crippen LogP contribution in [0.2, 0.25) is 0 Å². The highest BCUT2D eigenvalue weighted by molar-refractivity contribution is 5.95. The summed E-state index contributed by atoms with van der Waals surface area (Å²) in [6.45, 7) is 4.10. The van der Waals surface area contributed by atoms with Gasteiger partial charge >= 0.3 is 0 Å². The smallest absolute Gasteiger partial charge is 0.254 e. The van der Waals surface area contributed by atoms with Crippen molar-refractivity contribution in [2.75, 3.05) is 0 Å². The zero-order chi connectivity index (χ0) is 19.0. The fraction of sp³-hybridized carbons (Fsp3) is 0.409. The van der Waals surface area contributed by atoms with Crippen LogP contribution in [0.5, 0.6) is 0 Å². The monoisotopic (exact) mass is 363 g/mol. The van der Waals surface area contributed by atoms with Crippen LogP contribution < -0.4 is 5.32 Å². The Hall–Kier alpha value is -2.69. The summed E-state index contributed by atoms with van der Waals surface area (Å²) in [5, 5.41) is 3.15. The van der Waals surface area contributed by atoms with E-state index >= 15 is 0 Å². The zero-order valence-electron chi connectivity index (χ0n) is 15.8. The third-order valence-electron chi connectivity index (χ3n) is 6.00. The molecule has 1 aromatic carbocycles. The summed E-state index contributed by atoms with van der Waals surface area (Å²) in [4.78, 5) is 31.6. The highest BCUT2D eigenvalue weighted by atomic mass is 16.2. The Kier molecular flexibility index (Phi) is 4.68. The van der Waals surface area contributed by atoms with Crippen molar-refractivity contribution >= 4 is 11.8 Å². The number of hydrogen-bond acceptors (Lipinski definition) is 3. The second kappa shape index (κ2) is 7.14. The van der Waals surface area contributed by atoms with Gasteiger partial charge in [-0.1, -0.05) is 6.07 Å². The van der Waals surface area contributed by atoms with Crippen LogP contribution in [0, 0.1) is 13.8 Å². The van der Waals surface area contributed by atoms with E-state index in [0.29, 0.717) is 5.56 Å². The first-order chi connectivity index (χ1) is 13.0. The molecule has 1 aromatic heterocycles. The molecule has 2 amide bonds. The van der Waals surface area contributed by atoms with Gasteiger partial charge in [0.1, 0.15) is 0 Å². The molecule has 2 saturated heterocycles. The van der Waals surface area contributed by atoms with Gasteiger partial charge in [-0.25, -0.2) is 0 Å². The van der Waals surface area contributed by atoms with Crippen molar-refractivity contribution in [3.63, 3.8) is 0 Å². The molecule has 3 atom stereocenters. The molecule has 0 spiro atoms. The first-order valence-corrected chi connectivity index (χ1v) is 9.63. The van der Waals surface area contributed by atoms with Crippen LogP contribution >= 0.6 is 0 Å². The largest absolute Gasteiger partial charge is 0.349 e.